The van der Waals surface area contributed by atoms with E-state index in [-0.39, 0.29) is 0 Å². The van der Waals surface area contributed by atoms with E-state index < -0.39 is 0 Å². The smallest absolute Gasteiger partial charge is 0.231 e. The summed E-state index contributed by atoms with van der Waals surface area (Å²) in [5.41, 5.74) is 1.74. The topological polar surface area (TPSA) is 70.8 Å². The third kappa shape index (κ3) is 2.26. The molecule has 1 aliphatic rings. The molecule has 21 heavy (non-hydrogen) atoms. The monoisotopic (exact) mass is 347 g/mol. The van der Waals surface area contributed by atoms with Crippen LogP contribution < -0.4 is 0 Å². The lowest BCUT2D eigenvalue weighted by Gasteiger charge is -2.04. The van der Waals surface area contributed by atoms with Gasteiger partial charge < -0.3 is 14.4 Å². The third-order valence-corrected chi connectivity index (χ3v) is 4.35. The third-order valence-electron chi connectivity index (χ3n) is 3.92. The summed E-state index contributed by atoms with van der Waals surface area (Å²) in [6.45, 7) is 2.05. The van der Waals surface area contributed by atoms with Gasteiger partial charge in [-0.3, -0.25) is 0 Å². The molecule has 0 amide bonds. The predicted molar refractivity (Wildman–Crippen MR) is 81.9 cm³/mol. The van der Waals surface area contributed by atoms with Crippen LogP contribution in [-0.2, 0) is 0 Å². The molecule has 0 radical (unpaired) electrons. The minimum atomic E-state index is 0.339. The van der Waals surface area contributed by atoms with E-state index in [2.05, 4.69) is 48.0 Å². The molecule has 1 N–H and O–H groups in total. The Hall–Kier alpha value is -1.73. The normalized spacial score (nSPS) is 19.6. The molecular weight excluding hydrogens is 334 g/mol. The molecule has 6 nitrogen and oxygen atoms in total. The highest BCUT2D eigenvalue weighted by molar-refractivity contribution is 9.10. The Morgan fingerprint density at radius 3 is 3.19 bits per heavy atom. The van der Waals surface area contributed by atoms with Crippen molar-refractivity contribution in [2.75, 3.05) is 20.1 Å². The average molecular weight is 348 g/mol. The van der Waals surface area contributed by atoms with E-state index in [4.69, 9.17) is 4.52 Å². The van der Waals surface area contributed by atoms with Crippen molar-refractivity contribution in [2.24, 2.45) is 0 Å². The molecular formula is C14H14BrN5O. The lowest BCUT2D eigenvalue weighted by Crippen LogP contribution is -2.13. The van der Waals surface area contributed by atoms with E-state index in [1.807, 2.05) is 12.3 Å². The van der Waals surface area contributed by atoms with Crippen molar-refractivity contribution in [1.82, 2.24) is 25.0 Å². The van der Waals surface area contributed by atoms with Crippen molar-refractivity contribution in [2.45, 2.75) is 12.3 Å². The average Bonchev–Trinajstić information content (AvgIpc) is 3.16. The largest absolute Gasteiger partial charge is 0.345 e. The van der Waals surface area contributed by atoms with Crippen LogP contribution in [0.4, 0.5) is 0 Å². The highest BCUT2D eigenvalue weighted by Crippen LogP contribution is 2.30. The summed E-state index contributed by atoms with van der Waals surface area (Å²) in [7, 11) is 2.11. The van der Waals surface area contributed by atoms with Crippen molar-refractivity contribution in [3.8, 4) is 11.4 Å². The first-order chi connectivity index (χ1) is 10.2. The SMILES string of the molecule is CN1CC[C@H](c2nc(-c3c[nH]c4ncc(Br)cc34)no2)C1. The maximum absolute atomic E-state index is 5.47. The van der Waals surface area contributed by atoms with Gasteiger partial charge in [0.25, 0.3) is 0 Å². The number of rotatable bonds is 2. The van der Waals surface area contributed by atoms with Gasteiger partial charge in [0.2, 0.25) is 11.7 Å². The van der Waals surface area contributed by atoms with Gasteiger partial charge in [-0.1, -0.05) is 5.16 Å². The molecule has 4 rings (SSSR count). The summed E-state index contributed by atoms with van der Waals surface area (Å²) in [6, 6.07) is 2.01. The first-order valence-electron chi connectivity index (χ1n) is 6.86. The van der Waals surface area contributed by atoms with Crippen LogP contribution in [0.2, 0.25) is 0 Å². The number of pyridine rings is 1. The number of likely N-dealkylation sites (N-methyl/N-ethyl adjacent to an activating group) is 1. The van der Waals surface area contributed by atoms with Crippen molar-refractivity contribution in [3.63, 3.8) is 0 Å². The highest BCUT2D eigenvalue weighted by atomic mass is 79.9. The number of hydrogen-bond donors (Lipinski definition) is 1. The van der Waals surface area contributed by atoms with Gasteiger partial charge in [-0.25, -0.2) is 4.98 Å². The van der Waals surface area contributed by atoms with Crippen LogP contribution in [0.3, 0.4) is 0 Å². The van der Waals surface area contributed by atoms with E-state index in [0.717, 1.165) is 46.5 Å². The Labute approximate surface area is 129 Å². The zero-order valence-electron chi connectivity index (χ0n) is 11.5. The fourth-order valence-electron chi connectivity index (χ4n) is 2.81. The van der Waals surface area contributed by atoms with Crippen molar-refractivity contribution >= 4 is 27.0 Å². The van der Waals surface area contributed by atoms with Crippen molar-refractivity contribution < 1.29 is 4.52 Å². The lowest BCUT2D eigenvalue weighted by atomic mass is 10.1. The molecule has 0 unspecified atom stereocenters. The Bertz CT molecular complexity index is 796. The van der Waals surface area contributed by atoms with Crippen molar-refractivity contribution in [3.05, 3.63) is 28.8 Å². The molecule has 0 aliphatic carbocycles. The molecule has 108 valence electrons. The maximum atomic E-state index is 5.47. The number of hydrogen-bond acceptors (Lipinski definition) is 5. The molecule has 1 atom stereocenters. The van der Waals surface area contributed by atoms with Crippen LogP contribution in [0.5, 0.6) is 0 Å². The van der Waals surface area contributed by atoms with Gasteiger partial charge in [0.1, 0.15) is 5.65 Å². The van der Waals surface area contributed by atoms with Crippen LogP contribution >= 0.6 is 15.9 Å². The van der Waals surface area contributed by atoms with Crippen LogP contribution in [0.25, 0.3) is 22.4 Å². The summed E-state index contributed by atoms with van der Waals surface area (Å²) >= 11 is 3.44. The number of likely N-dealkylation sites (tertiary alicyclic amines) is 1. The molecule has 4 heterocycles. The second-order valence-corrected chi connectivity index (χ2v) is 6.37. The molecule has 0 aromatic carbocycles. The van der Waals surface area contributed by atoms with Gasteiger partial charge in [-0.05, 0) is 42.0 Å². The number of fused-ring (bicyclic) bond motifs is 1. The van der Waals surface area contributed by atoms with Crippen molar-refractivity contribution in [1.29, 1.82) is 0 Å². The number of halogens is 1. The fraction of sp³-hybridized carbons (Fsp3) is 0.357. The summed E-state index contributed by atoms with van der Waals surface area (Å²) in [5, 5.41) is 5.13. The first kappa shape index (κ1) is 13.0. The minimum Gasteiger partial charge on any atom is -0.345 e. The Morgan fingerprint density at radius 1 is 1.48 bits per heavy atom. The minimum absolute atomic E-state index is 0.339. The van der Waals surface area contributed by atoms with Gasteiger partial charge in [0, 0.05) is 34.4 Å². The maximum Gasteiger partial charge on any atom is 0.231 e. The second-order valence-electron chi connectivity index (χ2n) is 5.46. The van der Waals surface area contributed by atoms with Gasteiger partial charge in [0.05, 0.1) is 5.92 Å². The quantitative estimate of drug-likeness (QED) is 0.771. The first-order valence-corrected chi connectivity index (χ1v) is 7.65. The molecule has 3 aromatic heterocycles. The summed E-state index contributed by atoms with van der Waals surface area (Å²) in [4.78, 5) is 14.3. The summed E-state index contributed by atoms with van der Waals surface area (Å²) in [6.07, 6.45) is 4.71. The number of aromatic nitrogens is 4. The molecule has 1 saturated heterocycles. The van der Waals surface area contributed by atoms with Gasteiger partial charge in [0.15, 0.2) is 0 Å². The van der Waals surface area contributed by atoms with E-state index >= 15 is 0 Å². The second kappa shape index (κ2) is 4.92. The molecule has 3 aromatic rings. The van der Waals surface area contributed by atoms with Crippen LogP contribution in [0.15, 0.2) is 27.5 Å². The molecule has 1 fully saturated rings. The Balaban J connectivity index is 1.72. The fourth-order valence-corrected chi connectivity index (χ4v) is 3.14. The summed E-state index contributed by atoms with van der Waals surface area (Å²) in [5.74, 6) is 1.68. The van der Waals surface area contributed by atoms with E-state index in [9.17, 15) is 0 Å². The number of nitrogens with zero attached hydrogens (tertiary/aromatic N) is 4. The predicted octanol–water partition coefficient (Wildman–Crippen LogP) is 2.79. The van der Waals surface area contributed by atoms with Gasteiger partial charge in [-0.15, -0.1) is 0 Å². The molecule has 0 bridgehead atoms. The zero-order valence-corrected chi connectivity index (χ0v) is 13.1. The molecule has 7 heteroatoms. The van der Waals surface area contributed by atoms with E-state index in [1.165, 1.54) is 0 Å². The Kier molecular flexibility index (Phi) is 3.04. The lowest BCUT2D eigenvalue weighted by molar-refractivity contribution is 0.345. The Morgan fingerprint density at radius 2 is 2.38 bits per heavy atom. The van der Waals surface area contributed by atoms with Gasteiger partial charge >= 0.3 is 0 Å². The standard InChI is InChI=1S/C14H14BrN5O/c1-20-3-2-8(7-20)14-18-13(19-21-14)11-6-17-12-10(11)4-9(15)5-16-12/h4-6,8H,2-3,7H2,1H3,(H,16,17)/t8-/m0/s1. The number of nitrogens with one attached hydrogen (secondary N) is 1. The highest BCUT2D eigenvalue weighted by Gasteiger charge is 2.26. The van der Waals surface area contributed by atoms with Gasteiger partial charge in [-0.2, -0.15) is 4.98 Å². The summed E-state index contributed by atoms with van der Waals surface area (Å²) < 4.78 is 6.39. The van der Waals surface area contributed by atoms with Crippen LogP contribution in [0.1, 0.15) is 18.2 Å². The molecule has 0 saturated carbocycles. The number of aromatic amines is 1. The van der Waals surface area contributed by atoms with Crippen LogP contribution in [0, 0.1) is 0 Å². The molecule has 0 spiro atoms. The zero-order chi connectivity index (χ0) is 14.4. The van der Waals surface area contributed by atoms with E-state index in [1.54, 1.807) is 6.20 Å². The number of H-pyrrole nitrogens is 1. The molecule has 1 aliphatic heterocycles. The van der Waals surface area contributed by atoms with Crippen LogP contribution in [-0.4, -0.2) is 45.1 Å². The van der Waals surface area contributed by atoms with E-state index in [0.29, 0.717) is 11.7 Å².